The molecule has 1 heterocycles. The van der Waals surface area contributed by atoms with Crippen molar-refractivity contribution in [1.29, 1.82) is 0 Å². The van der Waals surface area contributed by atoms with E-state index in [1.54, 1.807) is 0 Å². The number of benzene rings is 7. The summed E-state index contributed by atoms with van der Waals surface area (Å²) in [5, 5.41) is 10.3. The third kappa shape index (κ3) is 4.17. The highest BCUT2D eigenvalue weighted by Gasteiger charge is 2.37. The van der Waals surface area contributed by atoms with Gasteiger partial charge in [0, 0.05) is 16.2 Å². The Morgan fingerprint density at radius 3 is 1.87 bits per heavy atom. The molecule has 1 aromatic heterocycles. The maximum atomic E-state index is 6.29. The van der Waals surface area contributed by atoms with E-state index in [-0.39, 0.29) is 5.41 Å². The minimum atomic E-state index is -0.145. The fourth-order valence-electron chi connectivity index (χ4n) is 9.90. The van der Waals surface area contributed by atoms with Crippen molar-refractivity contribution in [3.05, 3.63) is 173 Å². The van der Waals surface area contributed by atoms with E-state index in [0.29, 0.717) is 0 Å². The molecule has 0 spiro atoms. The van der Waals surface area contributed by atoms with Gasteiger partial charge in [-0.2, -0.15) is 0 Å². The van der Waals surface area contributed by atoms with Crippen molar-refractivity contribution in [2.45, 2.75) is 44.9 Å². The Kier molecular flexibility index (Phi) is 6.32. The van der Waals surface area contributed by atoms with Crippen LogP contribution in [0.3, 0.4) is 0 Å². The van der Waals surface area contributed by atoms with E-state index < -0.39 is 0 Å². The molecule has 0 saturated carbocycles. The fourth-order valence-corrected chi connectivity index (χ4v) is 9.90. The van der Waals surface area contributed by atoms with Crippen molar-refractivity contribution in [3.8, 4) is 22.3 Å². The number of hydrogen-bond acceptors (Lipinski definition) is 1. The summed E-state index contributed by atoms with van der Waals surface area (Å²) in [5.41, 5.74) is 15.6. The van der Waals surface area contributed by atoms with Gasteiger partial charge in [0.1, 0.15) is 11.2 Å². The smallest absolute Gasteiger partial charge is 0.136 e. The Bertz CT molecular complexity index is 2910. The van der Waals surface area contributed by atoms with Crippen LogP contribution in [0.5, 0.6) is 0 Å². The second-order valence-corrected chi connectivity index (χ2v) is 15.4. The lowest BCUT2D eigenvalue weighted by Crippen LogP contribution is -2.15. The topological polar surface area (TPSA) is 13.1 Å². The van der Waals surface area contributed by atoms with E-state index in [1.165, 1.54) is 98.8 Å². The Labute approximate surface area is 303 Å². The van der Waals surface area contributed by atoms with Crippen LogP contribution in [0, 0.1) is 0 Å². The Balaban J connectivity index is 1.11. The molecule has 0 saturated heterocycles. The lowest BCUT2D eigenvalue weighted by Gasteiger charge is -2.24. The van der Waals surface area contributed by atoms with Gasteiger partial charge in [-0.3, -0.25) is 0 Å². The summed E-state index contributed by atoms with van der Waals surface area (Å²) >= 11 is 0. The van der Waals surface area contributed by atoms with Crippen LogP contribution in [0.1, 0.15) is 56.2 Å². The molecule has 0 atom stereocenters. The van der Waals surface area contributed by atoms with E-state index in [2.05, 4.69) is 159 Å². The molecular weight excluding hydrogens is 629 g/mol. The van der Waals surface area contributed by atoms with Gasteiger partial charge >= 0.3 is 0 Å². The van der Waals surface area contributed by atoms with Crippen molar-refractivity contribution in [1.82, 2.24) is 0 Å². The quantitative estimate of drug-likeness (QED) is 0.171. The van der Waals surface area contributed by atoms with Gasteiger partial charge in [0.15, 0.2) is 0 Å². The summed E-state index contributed by atoms with van der Waals surface area (Å²) in [5.74, 6) is 0. The molecule has 0 fully saturated rings. The van der Waals surface area contributed by atoms with Crippen LogP contribution in [0.4, 0.5) is 0 Å². The summed E-state index contributed by atoms with van der Waals surface area (Å²) in [6.07, 6.45) is 16.0. The summed E-state index contributed by atoms with van der Waals surface area (Å²) in [7, 11) is 0. The molecule has 1 heteroatoms. The molecule has 0 unspecified atom stereocenters. The molecular formula is C51H38O. The monoisotopic (exact) mass is 666 g/mol. The highest BCUT2D eigenvalue weighted by molar-refractivity contribution is 6.21. The molecule has 0 radical (unpaired) electrons. The van der Waals surface area contributed by atoms with Crippen molar-refractivity contribution in [3.63, 3.8) is 0 Å². The van der Waals surface area contributed by atoms with Gasteiger partial charge in [0.05, 0.1) is 0 Å². The van der Waals surface area contributed by atoms with Crippen molar-refractivity contribution >= 4 is 59.8 Å². The first-order valence-electron chi connectivity index (χ1n) is 18.8. The van der Waals surface area contributed by atoms with Crippen LogP contribution in [0.25, 0.3) is 82.1 Å². The second kappa shape index (κ2) is 11.0. The fraction of sp³-hybridized carbons (Fsp3) is 0.137. The van der Waals surface area contributed by atoms with Crippen LogP contribution in [0.2, 0.25) is 0 Å². The van der Waals surface area contributed by atoms with E-state index in [4.69, 9.17) is 4.42 Å². The van der Waals surface area contributed by atoms with Gasteiger partial charge in [-0.15, -0.1) is 0 Å². The molecule has 7 aromatic carbocycles. The average molecular weight is 667 g/mol. The number of hydrogen-bond donors (Lipinski definition) is 0. The molecule has 0 amide bonds. The second-order valence-electron chi connectivity index (χ2n) is 15.4. The molecule has 248 valence electrons. The van der Waals surface area contributed by atoms with E-state index in [1.807, 2.05) is 0 Å². The van der Waals surface area contributed by atoms with Gasteiger partial charge in [-0.05, 0) is 132 Å². The Hall–Kier alpha value is -5.92. The third-order valence-corrected chi connectivity index (χ3v) is 12.3. The van der Waals surface area contributed by atoms with Crippen LogP contribution < -0.4 is 0 Å². The van der Waals surface area contributed by atoms with Crippen LogP contribution in [0.15, 0.2) is 161 Å². The average Bonchev–Trinajstić information content (AvgIpc) is 3.69. The van der Waals surface area contributed by atoms with Crippen molar-refractivity contribution in [2.75, 3.05) is 0 Å². The van der Waals surface area contributed by atoms with Crippen LogP contribution >= 0.6 is 0 Å². The number of furan rings is 1. The number of fused-ring (bicyclic) bond motifs is 11. The van der Waals surface area contributed by atoms with Gasteiger partial charge in [-0.1, -0.05) is 141 Å². The molecule has 8 aromatic rings. The normalized spacial score (nSPS) is 16.4. The maximum absolute atomic E-state index is 6.29. The zero-order valence-electron chi connectivity index (χ0n) is 29.6. The highest BCUT2D eigenvalue weighted by atomic mass is 16.3. The highest BCUT2D eigenvalue weighted by Crippen LogP contribution is 2.54. The first kappa shape index (κ1) is 29.8. The third-order valence-electron chi connectivity index (χ3n) is 12.3. The van der Waals surface area contributed by atoms with E-state index in [9.17, 15) is 0 Å². The predicted octanol–water partition coefficient (Wildman–Crippen LogP) is 14.4. The molecule has 3 aliphatic rings. The standard InChI is InChI=1S/C51H38O/c1-51(2)44-28-24-34(30-43(44)41-26-25-39-40(50(41)51)27-29-46-49(39)42-18-10-11-19-45(42)52-46)48-37-16-8-6-14-35(37)47(36-15-7-9-17-38(36)48)33-22-20-32(21-23-33)31-12-4-3-5-13-31/h3-4,6-12,14-20,22,24-30H,5,13,21,23H2,1-2H3. The molecule has 0 N–H and O–H groups in total. The molecule has 52 heavy (non-hydrogen) atoms. The predicted molar refractivity (Wildman–Crippen MR) is 221 cm³/mol. The summed E-state index contributed by atoms with van der Waals surface area (Å²) in [6.45, 7) is 4.79. The summed E-state index contributed by atoms with van der Waals surface area (Å²) in [6, 6.07) is 43.0. The van der Waals surface area contributed by atoms with E-state index in [0.717, 1.165) is 36.8 Å². The zero-order chi connectivity index (χ0) is 34.6. The molecule has 0 aliphatic heterocycles. The number of allylic oxidation sites excluding steroid dienone is 8. The minimum Gasteiger partial charge on any atom is -0.456 e. The first-order chi connectivity index (χ1) is 25.6. The molecule has 0 bridgehead atoms. The van der Waals surface area contributed by atoms with Crippen molar-refractivity contribution < 1.29 is 4.42 Å². The summed E-state index contributed by atoms with van der Waals surface area (Å²) < 4.78 is 6.29. The van der Waals surface area contributed by atoms with Crippen LogP contribution in [-0.4, -0.2) is 0 Å². The van der Waals surface area contributed by atoms with Gasteiger partial charge in [-0.25, -0.2) is 0 Å². The summed E-state index contributed by atoms with van der Waals surface area (Å²) in [4.78, 5) is 0. The molecule has 3 aliphatic carbocycles. The minimum absolute atomic E-state index is 0.145. The zero-order valence-corrected chi connectivity index (χ0v) is 29.6. The first-order valence-corrected chi connectivity index (χ1v) is 18.8. The lowest BCUT2D eigenvalue weighted by atomic mass is 9.79. The number of rotatable bonds is 3. The van der Waals surface area contributed by atoms with E-state index >= 15 is 0 Å². The van der Waals surface area contributed by atoms with Crippen molar-refractivity contribution in [2.24, 2.45) is 0 Å². The maximum Gasteiger partial charge on any atom is 0.136 e. The Morgan fingerprint density at radius 1 is 0.500 bits per heavy atom. The Morgan fingerprint density at radius 2 is 1.15 bits per heavy atom. The lowest BCUT2D eigenvalue weighted by molar-refractivity contribution is 0.665. The SMILES string of the molecule is CC1(C)c2ccc(-c3c4ccccc4c(C4=CC=C(C5=CC=CCC5)CC4)c4ccccc34)cc2-c2ccc3c(ccc4oc5ccccc5c43)c21. The number of para-hydroxylation sites is 1. The van der Waals surface area contributed by atoms with Gasteiger partial charge in [0.2, 0.25) is 0 Å². The molecule has 1 nitrogen and oxygen atoms in total. The largest absolute Gasteiger partial charge is 0.456 e. The van der Waals surface area contributed by atoms with Gasteiger partial charge in [0.25, 0.3) is 0 Å². The molecule has 11 rings (SSSR count). The van der Waals surface area contributed by atoms with Gasteiger partial charge < -0.3 is 4.42 Å². The van der Waals surface area contributed by atoms with Crippen LogP contribution in [-0.2, 0) is 5.41 Å².